The van der Waals surface area contributed by atoms with Gasteiger partial charge in [0.15, 0.2) is 5.76 Å². The molecule has 0 bridgehead atoms. The first kappa shape index (κ1) is 18.3. The molecule has 4 rings (SSSR count). The number of hydrogen-bond donors (Lipinski definition) is 0. The lowest BCUT2D eigenvalue weighted by molar-refractivity contribution is -0.117. The summed E-state index contributed by atoms with van der Waals surface area (Å²) in [6.45, 7) is 3.81. The summed E-state index contributed by atoms with van der Waals surface area (Å²) in [7, 11) is 0. The largest absolute Gasteiger partial charge is 0.459 e. The Kier molecular flexibility index (Phi) is 4.65. The van der Waals surface area contributed by atoms with E-state index in [0.717, 1.165) is 11.1 Å². The maximum atomic E-state index is 13.0. The second kappa shape index (κ2) is 7.13. The maximum Gasteiger partial charge on any atom is 0.294 e. The summed E-state index contributed by atoms with van der Waals surface area (Å²) < 4.78 is 5.30. The maximum absolute atomic E-state index is 13.0. The normalized spacial score (nSPS) is 16.0. The number of carbonyl (C=O) groups excluding carboxylic acids is 2. The van der Waals surface area contributed by atoms with Crippen molar-refractivity contribution in [3.63, 3.8) is 0 Å². The quantitative estimate of drug-likeness (QED) is 0.645. The van der Waals surface area contributed by atoms with Crippen LogP contribution in [0.15, 0.2) is 59.5 Å². The van der Waals surface area contributed by atoms with Crippen LogP contribution >= 0.6 is 11.6 Å². The van der Waals surface area contributed by atoms with Crippen LogP contribution in [0, 0.1) is 0 Å². The highest BCUT2D eigenvalue weighted by Gasteiger charge is 2.34. The molecule has 142 valence electrons. The number of anilines is 2. The van der Waals surface area contributed by atoms with Crippen molar-refractivity contribution in [3.05, 3.63) is 65.8 Å². The lowest BCUT2D eigenvalue weighted by atomic mass is 10.0. The SMILES string of the molecule is CC(=O)N1c2ccc(-c3cncc(Cl)c3)cc2N(C(=O)c2ccco2)C[C@@H]1C. The van der Waals surface area contributed by atoms with Crippen molar-refractivity contribution in [2.24, 2.45) is 0 Å². The zero-order valence-corrected chi connectivity index (χ0v) is 16.2. The Hall–Kier alpha value is -3.12. The van der Waals surface area contributed by atoms with Crippen molar-refractivity contribution in [2.75, 3.05) is 16.3 Å². The van der Waals surface area contributed by atoms with Gasteiger partial charge in [-0.3, -0.25) is 14.6 Å². The number of benzene rings is 1. The summed E-state index contributed by atoms with van der Waals surface area (Å²) in [6, 6.07) is 10.6. The molecule has 0 aliphatic carbocycles. The van der Waals surface area contributed by atoms with Crippen molar-refractivity contribution >= 4 is 34.8 Å². The van der Waals surface area contributed by atoms with Gasteiger partial charge in [-0.15, -0.1) is 0 Å². The Morgan fingerprint density at radius 1 is 1.14 bits per heavy atom. The van der Waals surface area contributed by atoms with Crippen LogP contribution in [0.25, 0.3) is 11.1 Å². The van der Waals surface area contributed by atoms with Gasteiger partial charge in [0.2, 0.25) is 5.91 Å². The monoisotopic (exact) mass is 395 g/mol. The summed E-state index contributed by atoms with van der Waals surface area (Å²) in [4.78, 5) is 32.8. The molecule has 0 fully saturated rings. The molecule has 1 atom stereocenters. The third-order valence-electron chi connectivity index (χ3n) is 4.77. The first-order valence-corrected chi connectivity index (χ1v) is 9.23. The van der Waals surface area contributed by atoms with Crippen molar-refractivity contribution in [3.8, 4) is 11.1 Å². The number of hydrogen-bond acceptors (Lipinski definition) is 4. The summed E-state index contributed by atoms with van der Waals surface area (Å²) >= 11 is 6.08. The van der Waals surface area contributed by atoms with Crippen LogP contribution in [-0.2, 0) is 4.79 Å². The molecule has 0 spiro atoms. The van der Waals surface area contributed by atoms with Gasteiger partial charge in [0.25, 0.3) is 5.91 Å². The number of rotatable bonds is 2. The van der Waals surface area contributed by atoms with E-state index in [4.69, 9.17) is 16.0 Å². The fraction of sp³-hybridized carbons (Fsp3) is 0.190. The van der Waals surface area contributed by atoms with Crippen LogP contribution in [-0.4, -0.2) is 29.4 Å². The van der Waals surface area contributed by atoms with Gasteiger partial charge in [-0.05, 0) is 42.8 Å². The second-order valence-corrected chi connectivity index (χ2v) is 7.16. The van der Waals surface area contributed by atoms with Gasteiger partial charge in [0, 0.05) is 31.4 Å². The number of fused-ring (bicyclic) bond motifs is 1. The zero-order valence-electron chi connectivity index (χ0n) is 15.4. The van der Waals surface area contributed by atoms with E-state index in [2.05, 4.69) is 4.98 Å². The third-order valence-corrected chi connectivity index (χ3v) is 4.97. The highest BCUT2D eigenvalue weighted by molar-refractivity contribution is 6.30. The van der Waals surface area contributed by atoms with Gasteiger partial charge < -0.3 is 14.2 Å². The molecule has 1 aliphatic heterocycles. The lowest BCUT2D eigenvalue weighted by Crippen LogP contribution is -2.51. The third kappa shape index (κ3) is 3.16. The average molecular weight is 396 g/mol. The molecule has 1 aromatic carbocycles. The van der Waals surface area contributed by atoms with Crippen LogP contribution in [0.2, 0.25) is 5.02 Å². The molecule has 3 heterocycles. The van der Waals surface area contributed by atoms with E-state index in [0.29, 0.717) is 22.9 Å². The van der Waals surface area contributed by atoms with Crippen molar-refractivity contribution in [2.45, 2.75) is 19.9 Å². The van der Waals surface area contributed by atoms with Crippen molar-refractivity contribution in [1.29, 1.82) is 0 Å². The van der Waals surface area contributed by atoms with Crippen LogP contribution in [0.1, 0.15) is 24.4 Å². The highest BCUT2D eigenvalue weighted by Crippen LogP contribution is 2.39. The Bertz CT molecular complexity index is 1050. The number of carbonyl (C=O) groups is 2. The van der Waals surface area contributed by atoms with E-state index >= 15 is 0 Å². The Labute approximate surface area is 167 Å². The standard InChI is InChI=1S/C21H18ClN3O3/c1-13-12-24(21(27)20-4-3-7-28-20)19-9-15(16-8-17(22)11-23-10-16)5-6-18(19)25(13)14(2)26/h3-11,13H,12H2,1-2H3/t13-/m0/s1. The van der Waals surface area contributed by atoms with Crippen molar-refractivity contribution in [1.82, 2.24) is 4.98 Å². The topological polar surface area (TPSA) is 66.7 Å². The Morgan fingerprint density at radius 2 is 1.96 bits per heavy atom. The van der Waals surface area contributed by atoms with E-state index in [9.17, 15) is 9.59 Å². The molecular weight excluding hydrogens is 378 g/mol. The molecule has 2 aromatic heterocycles. The molecule has 2 amide bonds. The predicted octanol–water partition coefficient (Wildman–Crippen LogP) is 4.40. The minimum atomic E-state index is -0.248. The summed E-state index contributed by atoms with van der Waals surface area (Å²) in [5, 5.41) is 0.526. The van der Waals surface area contributed by atoms with Gasteiger partial charge in [-0.25, -0.2) is 0 Å². The van der Waals surface area contributed by atoms with Crippen molar-refractivity contribution < 1.29 is 14.0 Å². The van der Waals surface area contributed by atoms with Crippen LogP contribution in [0.5, 0.6) is 0 Å². The summed E-state index contributed by atoms with van der Waals surface area (Å²) in [6.07, 6.45) is 4.74. The van der Waals surface area contributed by atoms with Crippen LogP contribution in [0.4, 0.5) is 11.4 Å². The Morgan fingerprint density at radius 3 is 2.64 bits per heavy atom. The van der Waals surface area contributed by atoms with Gasteiger partial charge in [-0.2, -0.15) is 0 Å². The lowest BCUT2D eigenvalue weighted by Gasteiger charge is -2.40. The van der Waals surface area contributed by atoms with Gasteiger partial charge >= 0.3 is 0 Å². The fourth-order valence-electron chi connectivity index (χ4n) is 3.58. The smallest absolute Gasteiger partial charge is 0.294 e. The predicted molar refractivity (Wildman–Crippen MR) is 108 cm³/mol. The van der Waals surface area contributed by atoms with Gasteiger partial charge in [0.05, 0.1) is 28.7 Å². The molecule has 6 nitrogen and oxygen atoms in total. The van der Waals surface area contributed by atoms with E-state index < -0.39 is 0 Å². The molecule has 0 radical (unpaired) electrons. The molecule has 0 saturated carbocycles. The van der Waals surface area contributed by atoms with E-state index in [-0.39, 0.29) is 23.6 Å². The number of aromatic nitrogens is 1. The molecular formula is C21H18ClN3O3. The number of furan rings is 1. The number of pyridine rings is 1. The van der Waals surface area contributed by atoms with E-state index in [1.54, 1.807) is 34.3 Å². The molecule has 3 aromatic rings. The number of halogens is 1. The summed E-state index contributed by atoms with van der Waals surface area (Å²) in [5.41, 5.74) is 3.01. The van der Waals surface area contributed by atoms with Crippen LogP contribution in [0.3, 0.4) is 0 Å². The fourth-order valence-corrected chi connectivity index (χ4v) is 3.75. The van der Waals surface area contributed by atoms with E-state index in [1.165, 1.54) is 13.2 Å². The zero-order chi connectivity index (χ0) is 19.8. The van der Waals surface area contributed by atoms with E-state index in [1.807, 2.05) is 31.2 Å². The van der Waals surface area contributed by atoms with Gasteiger partial charge in [0.1, 0.15) is 0 Å². The number of nitrogens with zero attached hydrogens (tertiary/aromatic N) is 3. The minimum Gasteiger partial charge on any atom is -0.459 e. The Balaban J connectivity index is 1.85. The molecule has 0 unspecified atom stereocenters. The average Bonchev–Trinajstić information content (AvgIpc) is 3.21. The van der Waals surface area contributed by atoms with Crippen LogP contribution < -0.4 is 9.80 Å². The highest BCUT2D eigenvalue weighted by atomic mass is 35.5. The molecule has 0 N–H and O–H groups in total. The molecule has 7 heteroatoms. The minimum absolute atomic E-state index is 0.0731. The van der Waals surface area contributed by atoms with Gasteiger partial charge in [-0.1, -0.05) is 17.7 Å². The first-order chi connectivity index (χ1) is 13.5. The molecule has 28 heavy (non-hydrogen) atoms. The second-order valence-electron chi connectivity index (χ2n) is 6.73. The molecule has 1 aliphatic rings. The number of amides is 2. The summed E-state index contributed by atoms with van der Waals surface area (Å²) in [5.74, 6) is -0.0667. The first-order valence-electron chi connectivity index (χ1n) is 8.86. The molecule has 0 saturated heterocycles.